The average Bonchev–Trinajstić information content (AvgIpc) is 2.76. The van der Waals surface area contributed by atoms with E-state index in [9.17, 15) is 0 Å². The molecule has 16 heavy (non-hydrogen) atoms. The number of thiazole rings is 1. The molecule has 0 N–H and O–H groups in total. The third kappa shape index (κ3) is 1.58. The van der Waals surface area contributed by atoms with Gasteiger partial charge in [-0.25, -0.2) is 9.97 Å². The van der Waals surface area contributed by atoms with E-state index in [0.717, 1.165) is 20.8 Å². The van der Waals surface area contributed by atoms with Gasteiger partial charge in [0.1, 0.15) is 10.2 Å². The van der Waals surface area contributed by atoms with Gasteiger partial charge < -0.3 is 0 Å². The van der Waals surface area contributed by atoms with E-state index in [1.165, 1.54) is 0 Å². The number of hydrogen-bond donors (Lipinski definition) is 0. The monoisotopic (exact) mass is 246 g/mol. The molecule has 0 saturated carbocycles. The quantitative estimate of drug-likeness (QED) is 0.607. The highest BCUT2D eigenvalue weighted by Crippen LogP contribution is 2.32. The molecule has 0 aliphatic heterocycles. The van der Waals surface area contributed by atoms with E-state index in [1.54, 1.807) is 17.5 Å². The fraction of sp³-hybridized carbons (Fsp3) is 0. The molecule has 1 aromatic carbocycles. The van der Waals surface area contributed by atoms with Crippen molar-refractivity contribution in [2.45, 2.75) is 0 Å². The maximum atomic E-state index is 6.02. The Balaban J connectivity index is 2.23. The highest BCUT2D eigenvalue weighted by molar-refractivity contribution is 7.22. The fourth-order valence-corrected chi connectivity index (χ4v) is 2.74. The Morgan fingerprint density at radius 2 is 1.88 bits per heavy atom. The number of hydrogen-bond acceptors (Lipinski definition) is 3. The lowest BCUT2D eigenvalue weighted by atomic mass is 10.2. The summed E-state index contributed by atoms with van der Waals surface area (Å²) < 4.78 is 0.947. The second-order valence-electron chi connectivity index (χ2n) is 3.34. The molecule has 2 heterocycles. The van der Waals surface area contributed by atoms with E-state index < -0.39 is 0 Å². The second kappa shape index (κ2) is 3.85. The predicted octanol–water partition coefficient (Wildman–Crippen LogP) is 4.01. The summed E-state index contributed by atoms with van der Waals surface area (Å²) in [7, 11) is 0. The Hall–Kier alpha value is -1.45. The van der Waals surface area contributed by atoms with Crippen LogP contribution in [0.5, 0.6) is 0 Å². The van der Waals surface area contributed by atoms with E-state index in [4.69, 9.17) is 11.6 Å². The maximum absolute atomic E-state index is 6.02. The molecule has 0 fully saturated rings. The first kappa shape index (κ1) is 9.75. The molecular weight excluding hydrogens is 240 g/mol. The van der Waals surface area contributed by atoms with Crippen LogP contribution >= 0.6 is 22.9 Å². The van der Waals surface area contributed by atoms with Crippen LogP contribution in [0.2, 0.25) is 5.15 Å². The van der Waals surface area contributed by atoms with Crippen LogP contribution in [0.15, 0.2) is 42.6 Å². The van der Waals surface area contributed by atoms with Crippen LogP contribution in [0.4, 0.5) is 0 Å². The van der Waals surface area contributed by atoms with Crippen LogP contribution in [0, 0.1) is 0 Å². The highest BCUT2D eigenvalue weighted by Gasteiger charge is 2.08. The van der Waals surface area contributed by atoms with E-state index in [2.05, 4.69) is 9.97 Å². The van der Waals surface area contributed by atoms with E-state index in [1.807, 2.05) is 36.4 Å². The Labute approximate surface area is 102 Å². The Bertz CT molecular complexity index is 634. The van der Waals surface area contributed by atoms with E-state index >= 15 is 0 Å². The van der Waals surface area contributed by atoms with Crippen molar-refractivity contribution in [3.05, 3.63) is 47.7 Å². The summed E-state index contributed by atoms with van der Waals surface area (Å²) in [6.45, 7) is 0. The Kier molecular flexibility index (Phi) is 2.35. The second-order valence-corrected chi connectivity index (χ2v) is 4.69. The van der Waals surface area contributed by atoms with Gasteiger partial charge in [-0.3, -0.25) is 0 Å². The summed E-state index contributed by atoms with van der Waals surface area (Å²) in [5.74, 6) is 0. The first-order valence-corrected chi connectivity index (χ1v) is 6.00. The highest BCUT2D eigenvalue weighted by atomic mass is 35.5. The van der Waals surface area contributed by atoms with Crippen LogP contribution in [0.25, 0.3) is 20.8 Å². The van der Waals surface area contributed by atoms with Crippen LogP contribution in [0.1, 0.15) is 0 Å². The standard InChI is InChI=1S/C12H7ClN2S/c13-11-10-9(6-7-14-11)15-12(16-10)8-4-2-1-3-5-8/h1-7H. The van der Waals surface area contributed by atoms with Gasteiger partial charge in [0.2, 0.25) is 0 Å². The summed E-state index contributed by atoms with van der Waals surface area (Å²) in [6, 6.07) is 12.0. The summed E-state index contributed by atoms with van der Waals surface area (Å²) in [6.07, 6.45) is 1.68. The zero-order valence-electron chi connectivity index (χ0n) is 8.22. The molecule has 0 aliphatic carbocycles. The summed E-state index contributed by atoms with van der Waals surface area (Å²) in [5, 5.41) is 1.50. The molecule has 0 unspecified atom stereocenters. The van der Waals surface area contributed by atoms with Crippen LogP contribution in [-0.2, 0) is 0 Å². The number of nitrogens with zero attached hydrogens (tertiary/aromatic N) is 2. The molecule has 0 spiro atoms. The van der Waals surface area contributed by atoms with Gasteiger partial charge in [0.05, 0.1) is 10.2 Å². The number of halogens is 1. The first-order chi connectivity index (χ1) is 7.84. The van der Waals surface area contributed by atoms with E-state index in [-0.39, 0.29) is 0 Å². The third-order valence-corrected chi connectivity index (χ3v) is 3.81. The maximum Gasteiger partial charge on any atom is 0.148 e. The lowest BCUT2D eigenvalue weighted by Crippen LogP contribution is -1.74. The molecule has 0 atom stereocenters. The van der Waals surface area contributed by atoms with Crippen molar-refractivity contribution in [3.63, 3.8) is 0 Å². The van der Waals surface area contributed by atoms with Crippen molar-refractivity contribution in [1.29, 1.82) is 0 Å². The van der Waals surface area contributed by atoms with E-state index in [0.29, 0.717) is 5.15 Å². The fourth-order valence-electron chi connectivity index (χ4n) is 1.53. The van der Waals surface area contributed by atoms with Gasteiger partial charge in [-0.1, -0.05) is 41.9 Å². The molecule has 0 radical (unpaired) electrons. The van der Waals surface area contributed by atoms with Crippen molar-refractivity contribution in [1.82, 2.24) is 9.97 Å². The smallest absolute Gasteiger partial charge is 0.148 e. The van der Waals surface area contributed by atoms with Gasteiger partial charge in [0, 0.05) is 11.8 Å². The van der Waals surface area contributed by atoms with Crippen LogP contribution < -0.4 is 0 Å². The Morgan fingerprint density at radius 3 is 2.62 bits per heavy atom. The predicted molar refractivity (Wildman–Crippen MR) is 67.9 cm³/mol. The zero-order chi connectivity index (χ0) is 11.0. The first-order valence-electron chi connectivity index (χ1n) is 4.81. The molecule has 0 bridgehead atoms. The third-order valence-electron chi connectivity index (χ3n) is 2.28. The largest absolute Gasteiger partial charge is 0.243 e. The Morgan fingerprint density at radius 1 is 1.06 bits per heavy atom. The molecule has 2 aromatic heterocycles. The summed E-state index contributed by atoms with van der Waals surface area (Å²) in [5.41, 5.74) is 2.02. The number of pyridine rings is 1. The normalized spacial score (nSPS) is 10.8. The van der Waals surface area contributed by atoms with Gasteiger partial charge in [0.25, 0.3) is 0 Å². The average molecular weight is 247 g/mol. The lowest BCUT2D eigenvalue weighted by Gasteiger charge is -1.92. The molecule has 0 saturated heterocycles. The molecule has 78 valence electrons. The van der Waals surface area contributed by atoms with Crippen LogP contribution in [-0.4, -0.2) is 9.97 Å². The molecular formula is C12H7ClN2S. The van der Waals surface area contributed by atoms with Gasteiger partial charge in [-0.2, -0.15) is 0 Å². The van der Waals surface area contributed by atoms with Crippen molar-refractivity contribution in [3.8, 4) is 10.6 Å². The summed E-state index contributed by atoms with van der Waals surface area (Å²) in [4.78, 5) is 8.59. The minimum atomic E-state index is 0.525. The molecule has 0 aliphatic rings. The molecule has 3 aromatic rings. The molecule has 3 rings (SSSR count). The van der Waals surface area contributed by atoms with Crippen molar-refractivity contribution in [2.24, 2.45) is 0 Å². The topological polar surface area (TPSA) is 25.8 Å². The molecule has 4 heteroatoms. The molecule has 2 nitrogen and oxygen atoms in total. The van der Waals surface area contributed by atoms with Crippen molar-refractivity contribution in [2.75, 3.05) is 0 Å². The SMILES string of the molecule is Clc1nccc2nc(-c3ccccc3)sc12. The number of benzene rings is 1. The summed E-state index contributed by atoms with van der Waals surface area (Å²) >= 11 is 7.59. The van der Waals surface area contributed by atoms with Crippen molar-refractivity contribution >= 4 is 33.2 Å². The number of aromatic nitrogens is 2. The number of fused-ring (bicyclic) bond motifs is 1. The number of rotatable bonds is 1. The minimum absolute atomic E-state index is 0.525. The van der Waals surface area contributed by atoms with Gasteiger partial charge in [0.15, 0.2) is 0 Å². The van der Waals surface area contributed by atoms with Gasteiger partial charge in [-0.05, 0) is 6.07 Å². The lowest BCUT2D eigenvalue weighted by molar-refractivity contribution is 1.35. The van der Waals surface area contributed by atoms with Gasteiger partial charge in [-0.15, -0.1) is 11.3 Å². The van der Waals surface area contributed by atoms with Gasteiger partial charge >= 0.3 is 0 Å². The molecule has 0 amide bonds. The zero-order valence-corrected chi connectivity index (χ0v) is 9.79. The van der Waals surface area contributed by atoms with Crippen molar-refractivity contribution < 1.29 is 0 Å². The minimum Gasteiger partial charge on any atom is -0.243 e. The van der Waals surface area contributed by atoms with Crippen LogP contribution in [0.3, 0.4) is 0 Å².